The van der Waals surface area contributed by atoms with Crippen LogP contribution in [0.25, 0.3) is 0 Å². The quantitative estimate of drug-likeness (QED) is 0.117. The van der Waals surface area contributed by atoms with Crippen LogP contribution < -0.4 is 0 Å². The van der Waals surface area contributed by atoms with E-state index in [0.29, 0.717) is 0 Å². The van der Waals surface area contributed by atoms with Crippen molar-refractivity contribution in [2.75, 3.05) is 37.7 Å². The molecule has 10 heteroatoms. The maximum Gasteiger partial charge on any atom is 0.271 e. The van der Waals surface area contributed by atoms with Crippen molar-refractivity contribution in [3.05, 3.63) is 0 Å². The van der Waals surface area contributed by atoms with Crippen LogP contribution in [0.15, 0.2) is 0 Å². The van der Waals surface area contributed by atoms with Gasteiger partial charge in [-0.1, -0.05) is 60.1 Å². The van der Waals surface area contributed by atoms with E-state index in [0.717, 1.165) is 37.7 Å². The first kappa shape index (κ1) is 27.6. The maximum absolute atomic E-state index is 11.8. The van der Waals surface area contributed by atoms with Crippen molar-refractivity contribution < 1.29 is 9.59 Å². The second-order valence-corrected chi connectivity index (χ2v) is 15.0. The van der Waals surface area contributed by atoms with Crippen molar-refractivity contribution >= 4 is 76.0 Å². The van der Waals surface area contributed by atoms with Gasteiger partial charge in [-0.25, -0.2) is 8.61 Å². The van der Waals surface area contributed by atoms with Gasteiger partial charge in [-0.3, -0.25) is 9.59 Å². The van der Waals surface area contributed by atoms with Crippen molar-refractivity contribution in [1.82, 2.24) is 8.61 Å². The lowest BCUT2D eigenvalue weighted by Crippen LogP contribution is -2.10. The van der Waals surface area contributed by atoms with Gasteiger partial charge in [-0.15, -0.1) is 0 Å². The molecule has 0 atom stereocenters. The fourth-order valence-corrected chi connectivity index (χ4v) is 9.74. The highest BCUT2D eigenvalue weighted by Crippen LogP contribution is 2.34. The zero-order chi connectivity index (χ0) is 21.3. The van der Waals surface area contributed by atoms with Crippen LogP contribution in [0.4, 0.5) is 9.59 Å². The fraction of sp³-hybridized carbons (Fsp3) is 0.900. The topological polar surface area (TPSA) is 40.6 Å². The summed E-state index contributed by atoms with van der Waals surface area (Å²) in [4.78, 5) is 23.7. The Morgan fingerprint density at radius 3 is 1.23 bits per heavy atom. The van der Waals surface area contributed by atoms with Gasteiger partial charge in [0.05, 0.1) is 0 Å². The molecule has 0 aromatic carbocycles. The minimum absolute atomic E-state index is 0.244. The third kappa shape index (κ3) is 14.5. The van der Waals surface area contributed by atoms with E-state index in [-0.39, 0.29) is 8.89 Å². The Morgan fingerprint density at radius 1 is 0.533 bits per heavy atom. The SMILES string of the molecule is O=C(SSCCCCCCCCCCSSC(=O)SN1CCCC1)SN1CCCC1. The number of nitrogens with zero attached hydrogens (tertiary/aromatic N) is 2. The molecule has 4 nitrogen and oxygen atoms in total. The molecule has 2 aliphatic heterocycles. The molecule has 0 N–H and O–H groups in total. The van der Waals surface area contributed by atoms with E-state index in [1.165, 1.54) is 123 Å². The van der Waals surface area contributed by atoms with Gasteiger partial charge in [0.2, 0.25) is 0 Å². The first-order valence-electron chi connectivity index (χ1n) is 11.3. The van der Waals surface area contributed by atoms with E-state index < -0.39 is 0 Å². The number of rotatable bonds is 15. The van der Waals surface area contributed by atoms with Gasteiger partial charge in [0.25, 0.3) is 8.89 Å². The van der Waals surface area contributed by atoms with Crippen LogP contribution in [0.1, 0.15) is 77.0 Å². The molecule has 0 bridgehead atoms. The second-order valence-electron chi connectivity index (χ2n) is 7.59. The van der Waals surface area contributed by atoms with E-state index in [1.54, 1.807) is 21.6 Å². The molecule has 0 saturated carbocycles. The summed E-state index contributed by atoms with van der Waals surface area (Å²) in [6.07, 6.45) is 15.2. The molecule has 0 amide bonds. The molecule has 0 aliphatic carbocycles. The maximum atomic E-state index is 11.8. The van der Waals surface area contributed by atoms with Crippen LogP contribution in [0, 0.1) is 0 Å². The number of hydrogen-bond acceptors (Lipinski definition) is 10. The highest BCUT2D eigenvalue weighted by molar-refractivity contribution is 8.86. The van der Waals surface area contributed by atoms with E-state index in [2.05, 4.69) is 8.61 Å². The lowest BCUT2D eigenvalue weighted by atomic mass is 10.1. The molecule has 0 unspecified atom stereocenters. The van der Waals surface area contributed by atoms with Gasteiger partial charge >= 0.3 is 0 Å². The molecule has 2 fully saturated rings. The van der Waals surface area contributed by atoms with Crippen LogP contribution in [0.5, 0.6) is 0 Å². The van der Waals surface area contributed by atoms with E-state index in [4.69, 9.17) is 0 Å². The van der Waals surface area contributed by atoms with Gasteiger partial charge in [0.1, 0.15) is 0 Å². The Hall–Kier alpha value is 1.36. The average Bonchev–Trinajstić information content (AvgIpc) is 3.42. The summed E-state index contributed by atoms with van der Waals surface area (Å²) in [6, 6.07) is 0. The van der Waals surface area contributed by atoms with Crippen molar-refractivity contribution in [1.29, 1.82) is 0 Å². The summed E-state index contributed by atoms with van der Waals surface area (Å²) < 4.78 is 4.88. The third-order valence-electron chi connectivity index (χ3n) is 5.00. The molecule has 0 radical (unpaired) electrons. The summed E-state index contributed by atoms with van der Waals surface area (Å²) in [5, 5.41) is 0. The largest absolute Gasteiger partial charge is 0.272 e. The Balaban J connectivity index is 1.24. The van der Waals surface area contributed by atoms with Gasteiger partial charge in [0.15, 0.2) is 0 Å². The third-order valence-corrected chi connectivity index (χ3v) is 12.2. The average molecular weight is 529 g/mol. The summed E-state index contributed by atoms with van der Waals surface area (Å²) in [5.41, 5.74) is 0. The molecule has 2 heterocycles. The zero-order valence-corrected chi connectivity index (χ0v) is 22.8. The first-order valence-corrected chi connectivity index (χ1v) is 17.5. The zero-order valence-electron chi connectivity index (χ0n) is 17.9. The molecule has 174 valence electrons. The Labute approximate surface area is 207 Å². The molecule has 30 heavy (non-hydrogen) atoms. The van der Waals surface area contributed by atoms with Gasteiger partial charge < -0.3 is 0 Å². The standard InChI is InChI=1S/C20H36N2O2S6/c23-19(27-21-13-7-8-14-21)29-25-17-11-5-3-1-2-4-6-12-18-26-30-20(24)28-22-15-9-10-16-22/h1-18H2. The van der Waals surface area contributed by atoms with E-state index in [9.17, 15) is 9.59 Å². The molecule has 0 aromatic heterocycles. The fourth-order valence-electron chi connectivity index (χ4n) is 3.36. The van der Waals surface area contributed by atoms with Crippen LogP contribution in [0.3, 0.4) is 0 Å². The normalized spacial score (nSPS) is 17.7. The minimum atomic E-state index is 0.244. The smallest absolute Gasteiger partial charge is 0.271 e. The number of carbonyl (C=O) groups is 2. The molecule has 2 saturated heterocycles. The summed E-state index contributed by atoms with van der Waals surface area (Å²) in [5.74, 6) is 2.17. The highest BCUT2D eigenvalue weighted by atomic mass is 33.1. The van der Waals surface area contributed by atoms with E-state index >= 15 is 0 Å². The van der Waals surface area contributed by atoms with Crippen molar-refractivity contribution in [2.45, 2.75) is 77.0 Å². The number of hydrogen-bond donors (Lipinski definition) is 0. The summed E-state index contributed by atoms with van der Waals surface area (Å²) >= 11 is 2.83. The van der Waals surface area contributed by atoms with Crippen LogP contribution in [-0.4, -0.2) is 55.2 Å². The Bertz CT molecular complexity index is 432. The Kier molecular flexibility index (Phi) is 17.3. The number of carbonyl (C=O) groups excluding carboxylic acids is 2. The lowest BCUT2D eigenvalue weighted by Gasteiger charge is -2.10. The molecule has 2 rings (SSSR count). The highest BCUT2D eigenvalue weighted by Gasteiger charge is 2.17. The predicted octanol–water partition coefficient (Wildman–Crippen LogP) is 8.60. The summed E-state index contributed by atoms with van der Waals surface area (Å²) in [7, 11) is 6.29. The van der Waals surface area contributed by atoms with Crippen molar-refractivity contribution in [3.8, 4) is 0 Å². The molecular weight excluding hydrogens is 493 g/mol. The molecule has 0 aromatic rings. The van der Waals surface area contributed by atoms with Gasteiger partial charge in [-0.2, -0.15) is 0 Å². The lowest BCUT2D eigenvalue weighted by molar-refractivity contribution is 0.275. The van der Waals surface area contributed by atoms with Crippen LogP contribution in [-0.2, 0) is 0 Å². The second kappa shape index (κ2) is 18.7. The van der Waals surface area contributed by atoms with Crippen LogP contribution >= 0.6 is 67.1 Å². The Morgan fingerprint density at radius 2 is 0.867 bits per heavy atom. The predicted molar refractivity (Wildman–Crippen MR) is 145 cm³/mol. The number of unbranched alkanes of at least 4 members (excludes halogenated alkanes) is 7. The summed E-state index contributed by atoms with van der Waals surface area (Å²) in [6.45, 7) is 4.27. The van der Waals surface area contributed by atoms with Gasteiger partial charge in [-0.05, 0) is 60.1 Å². The van der Waals surface area contributed by atoms with Crippen LogP contribution in [0.2, 0.25) is 0 Å². The van der Waals surface area contributed by atoms with Gasteiger partial charge in [0, 0.05) is 61.6 Å². The molecular formula is C20H36N2O2S6. The molecule has 0 spiro atoms. The minimum Gasteiger partial charge on any atom is -0.272 e. The first-order chi connectivity index (χ1) is 14.7. The van der Waals surface area contributed by atoms with Crippen molar-refractivity contribution in [3.63, 3.8) is 0 Å². The molecule has 2 aliphatic rings. The monoisotopic (exact) mass is 528 g/mol. The van der Waals surface area contributed by atoms with E-state index in [1.807, 2.05) is 0 Å². The van der Waals surface area contributed by atoms with Crippen molar-refractivity contribution in [2.24, 2.45) is 0 Å².